The first-order valence-electron chi connectivity index (χ1n) is 3.95. The van der Waals surface area contributed by atoms with Crippen LogP contribution in [0.5, 0.6) is 0 Å². The van der Waals surface area contributed by atoms with Crippen LogP contribution in [0.4, 0.5) is 0 Å². The van der Waals surface area contributed by atoms with Crippen LogP contribution in [0.15, 0.2) is 23.7 Å². The summed E-state index contributed by atoms with van der Waals surface area (Å²) in [6, 6.07) is 5.72. The van der Waals surface area contributed by atoms with Crippen molar-refractivity contribution >= 4 is 22.9 Å². The highest BCUT2D eigenvalue weighted by Gasteiger charge is 2.03. The number of nitriles is 1. The first-order chi connectivity index (χ1) is 6.79. The Labute approximate surface area is 90.2 Å². The highest BCUT2D eigenvalue weighted by atomic mass is 35.5. The van der Waals surface area contributed by atoms with Crippen molar-refractivity contribution in [1.82, 2.24) is 9.55 Å². The summed E-state index contributed by atoms with van der Waals surface area (Å²) in [5.74, 6) is 0. The predicted molar refractivity (Wildman–Crippen MR) is 55.4 cm³/mol. The SMILES string of the molecule is N#Cc1cccn1Cc1csc(Cl)n1. The number of hydrogen-bond donors (Lipinski definition) is 0. The van der Waals surface area contributed by atoms with E-state index in [4.69, 9.17) is 16.9 Å². The van der Waals surface area contributed by atoms with Gasteiger partial charge in [-0.05, 0) is 12.1 Å². The van der Waals surface area contributed by atoms with Gasteiger partial charge in [0.05, 0.1) is 12.2 Å². The summed E-state index contributed by atoms with van der Waals surface area (Å²) in [7, 11) is 0. The maximum absolute atomic E-state index is 8.78. The number of thiazole rings is 1. The monoisotopic (exact) mass is 223 g/mol. The lowest BCUT2D eigenvalue weighted by Gasteiger charge is -2.00. The summed E-state index contributed by atoms with van der Waals surface area (Å²) in [5, 5.41) is 10.7. The Hall–Kier alpha value is -1.31. The van der Waals surface area contributed by atoms with E-state index >= 15 is 0 Å². The Balaban J connectivity index is 2.23. The van der Waals surface area contributed by atoms with E-state index in [9.17, 15) is 0 Å². The molecule has 0 saturated heterocycles. The van der Waals surface area contributed by atoms with Crippen LogP contribution in [0, 0.1) is 11.3 Å². The Bertz CT molecular complexity index is 480. The van der Waals surface area contributed by atoms with Gasteiger partial charge in [-0.25, -0.2) is 4.98 Å². The molecule has 5 heteroatoms. The highest BCUT2D eigenvalue weighted by molar-refractivity contribution is 7.13. The molecule has 0 aliphatic rings. The standard InChI is InChI=1S/C9H6ClN3S/c10-9-12-7(6-14-9)5-13-3-1-2-8(13)4-11/h1-3,6H,5H2. The lowest BCUT2D eigenvalue weighted by molar-refractivity contribution is 0.775. The minimum Gasteiger partial charge on any atom is -0.333 e. The maximum Gasteiger partial charge on any atom is 0.183 e. The van der Waals surface area contributed by atoms with Crippen molar-refractivity contribution in [1.29, 1.82) is 5.26 Å². The molecule has 0 atom stereocenters. The van der Waals surface area contributed by atoms with E-state index in [1.54, 1.807) is 6.07 Å². The first-order valence-corrected chi connectivity index (χ1v) is 5.20. The first kappa shape index (κ1) is 9.25. The number of aromatic nitrogens is 2. The van der Waals surface area contributed by atoms with Crippen LogP contribution in [0.25, 0.3) is 0 Å². The van der Waals surface area contributed by atoms with Crippen LogP contribution in [-0.4, -0.2) is 9.55 Å². The van der Waals surface area contributed by atoms with Crippen LogP contribution in [-0.2, 0) is 6.54 Å². The number of nitrogens with zero attached hydrogens (tertiary/aromatic N) is 3. The van der Waals surface area contributed by atoms with E-state index in [2.05, 4.69) is 11.1 Å². The fourth-order valence-corrected chi connectivity index (χ4v) is 1.96. The molecule has 0 unspecified atom stereocenters. The van der Waals surface area contributed by atoms with E-state index in [1.165, 1.54) is 11.3 Å². The summed E-state index contributed by atoms with van der Waals surface area (Å²) in [5.41, 5.74) is 1.52. The van der Waals surface area contributed by atoms with Crippen LogP contribution >= 0.6 is 22.9 Å². The van der Waals surface area contributed by atoms with E-state index in [-0.39, 0.29) is 0 Å². The molecule has 0 N–H and O–H groups in total. The Morgan fingerprint density at radius 3 is 3.14 bits per heavy atom. The molecule has 14 heavy (non-hydrogen) atoms. The predicted octanol–water partition coefficient (Wildman–Crippen LogP) is 2.52. The van der Waals surface area contributed by atoms with Crippen LogP contribution in [0.3, 0.4) is 0 Å². The number of halogens is 1. The van der Waals surface area contributed by atoms with E-state index in [0.717, 1.165) is 5.69 Å². The van der Waals surface area contributed by atoms with Crippen molar-refractivity contribution in [3.8, 4) is 6.07 Å². The van der Waals surface area contributed by atoms with Gasteiger partial charge in [-0.3, -0.25) is 0 Å². The molecular formula is C9H6ClN3S. The van der Waals surface area contributed by atoms with Crippen molar-refractivity contribution in [2.75, 3.05) is 0 Å². The third-order valence-corrected chi connectivity index (χ3v) is 2.83. The zero-order valence-corrected chi connectivity index (χ0v) is 8.72. The van der Waals surface area contributed by atoms with E-state index < -0.39 is 0 Å². The van der Waals surface area contributed by atoms with Gasteiger partial charge < -0.3 is 4.57 Å². The molecule has 2 heterocycles. The third-order valence-electron chi connectivity index (χ3n) is 1.80. The Kier molecular flexibility index (Phi) is 2.53. The van der Waals surface area contributed by atoms with Gasteiger partial charge in [-0.1, -0.05) is 11.6 Å². The van der Waals surface area contributed by atoms with Gasteiger partial charge in [-0.2, -0.15) is 5.26 Å². The summed E-state index contributed by atoms with van der Waals surface area (Å²) in [6.07, 6.45) is 1.85. The highest BCUT2D eigenvalue weighted by Crippen LogP contribution is 2.16. The summed E-state index contributed by atoms with van der Waals surface area (Å²) in [6.45, 7) is 0.596. The van der Waals surface area contributed by atoms with E-state index in [0.29, 0.717) is 16.7 Å². The van der Waals surface area contributed by atoms with Gasteiger partial charge >= 0.3 is 0 Å². The quantitative estimate of drug-likeness (QED) is 0.785. The zero-order chi connectivity index (χ0) is 9.97. The van der Waals surface area contributed by atoms with Crippen molar-refractivity contribution in [2.24, 2.45) is 0 Å². The zero-order valence-electron chi connectivity index (χ0n) is 7.14. The van der Waals surface area contributed by atoms with Gasteiger partial charge in [0.15, 0.2) is 4.47 Å². The lowest BCUT2D eigenvalue weighted by Crippen LogP contribution is -2.00. The minimum absolute atomic E-state index is 0.533. The minimum atomic E-state index is 0.533. The topological polar surface area (TPSA) is 41.6 Å². The average molecular weight is 224 g/mol. The number of hydrogen-bond acceptors (Lipinski definition) is 3. The van der Waals surface area contributed by atoms with Crippen LogP contribution in [0.2, 0.25) is 4.47 Å². The fourth-order valence-electron chi connectivity index (χ4n) is 1.18. The van der Waals surface area contributed by atoms with Crippen molar-refractivity contribution in [2.45, 2.75) is 6.54 Å². The lowest BCUT2D eigenvalue weighted by atomic mass is 10.4. The Morgan fingerprint density at radius 1 is 1.64 bits per heavy atom. The molecule has 0 bridgehead atoms. The molecule has 70 valence electrons. The molecule has 0 radical (unpaired) electrons. The maximum atomic E-state index is 8.78. The summed E-state index contributed by atoms with van der Waals surface area (Å²) < 4.78 is 2.37. The van der Waals surface area contributed by atoms with Gasteiger partial charge in [0.1, 0.15) is 11.8 Å². The number of rotatable bonds is 2. The normalized spacial score (nSPS) is 10.0. The Morgan fingerprint density at radius 2 is 2.50 bits per heavy atom. The molecule has 2 aromatic heterocycles. The van der Waals surface area contributed by atoms with Gasteiger partial charge in [0.2, 0.25) is 0 Å². The second-order valence-corrected chi connectivity index (χ2v) is 4.17. The van der Waals surface area contributed by atoms with Crippen LogP contribution < -0.4 is 0 Å². The summed E-state index contributed by atoms with van der Waals surface area (Å²) >= 11 is 7.11. The van der Waals surface area contributed by atoms with Crippen LogP contribution in [0.1, 0.15) is 11.4 Å². The molecular weight excluding hydrogens is 218 g/mol. The largest absolute Gasteiger partial charge is 0.333 e. The average Bonchev–Trinajstić information content (AvgIpc) is 2.76. The smallest absolute Gasteiger partial charge is 0.183 e. The molecule has 0 saturated carbocycles. The third kappa shape index (κ3) is 1.79. The molecule has 0 aliphatic heterocycles. The van der Waals surface area contributed by atoms with Crippen molar-refractivity contribution < 1.29 is 0 Å². The fraction of sp³-hybridized carbons (Fsp3) is 0.111. The van der Waals surface area contributed by atoms with Gasteiger partial charge in [0.25, 0.3) is 0 Å². The second-order valence-electron chi connectivity index (χ2n) is 2.72. The van der Waals surface area contributed by atoms with Gasteiger partial charge in [0, 0.05) is 11.6 Å². The van der Waals surface area contributed by atoms with E-state index in [1.807, 2.05) is 22.2 Å². The molecule has 2 rings (SSSR count). The van der Waals surface area contributed by atoms with Crippen molar-refractivity contribution in [3.63, 3.8) is 0 Å². The second kappa shape index (κ2) is 3.82. The molecule has 0 aliphatic carbocycles. The molecule has 0 fully saturated rings. The molecule has 0 aromatic carbocycles. The van der Waals surface area contributed by atoms with Crippen molar-refractivity contribution in [3.05, 3.63) is 39.6 Å². The molecule has 2 aromatic rings. The summed E-state index contributed by atoms with van der Waals surface area (Å²) in [4.78, 5) is 4.11. The van der Waals surface area contributed by atoms with Gasteiger partial charge in [-0.15, -0.1) is 11.3 Å². The molecule has 3 nitrogen and oxygen atoms in total. The molecule has 0 amide bonds. The molecule has 0 spiro atoms.